The van der Waals surface area contributed by atoms with Gasteiger partial charge in [0.2, 0.25) is 0 Å². The smallest absolute Gasteiger partial charge is 0.127 e. The van der Waals surface area contributed by atoms with Crippen LogP contribution in [0.2, 0.25) is 0 Å². The Labute approximate surface area is 95.1 Å². The molecule has 2 saturated heterocycles. The summed E-state index contributed by atoms with van der Waals surface area (Å²) < 4.78 is 6.45. The highest BCUT2D eigenvalue weighted by atomic mass is 16.5. The molecule has 0 aromatic carbocycles. The first-order chi connectivity index (χ1) is 7.88. The zero-order valence-electron chi connectivity index (χ0n) is 9.10. The Morgan fingerprint density at radius 2 is 2.12 bits per heavy atom. The predicted octanol–water partition coefficient (Wildman–Crippen LogP) is 0.692. The highest BCUT2D eigenvalue weighted by Gasteiger charge is 2.92. The molecule has 4 bridgehead atoms. The lowest BCUT2D eigenvalue weighted by Crippen LogP contribution is -2.56. The highest BCUT2D eigenvalue weighted by molar-refractivity contribution is 5.38. The van der Waals surface area contributed by atoms with Crippen molar-refractivity contribution in [2.45, 2.75) is 18.2 Å². The average Bonchev–Trinajstić information content (AvgIpc) is 2.85. The van der Waals surface area contributed by atoms with Gasteiger partial charge >= 0.3 is 0 Å². The van der Waals surface area contributed by atoms with Gasteiger partial charge in [0.05, 0.1) is 12.6 Å². The van der Waals surface area contributed by atoms with Crippen LogP contribution in [0, 0.1) is 59.7 Å². The largest absolute Gasteiger partial charge is 0.356 e. The summed E-state index contributed by atoms with van der Waals surface area (Å²) in [5.74, 6) is 10.4. The van der Waals surface area contributed by atoms with Gasteiger partial charge in [-0.25, -0.2) is 0 Å². The van der Waals surface area contributed by atoms with Gasteiger partial charge in [0.15, 0.2) is 0 Å². The normalized spacial score (nSPS) is 77.6. The molecule has 7 rings (SSSR count). The molecule has 1 N–H and O–H groups in total. The first-order valence-corrected chi connectivity index (χ1v) is 6.75. The molecule has 0 aromatic heterocycles. The van der Waals surface area contributed by atoms with E-state index in [9.17, 15) is 0 Å². The minimum atomic E-state index is 0.0451. The van der Waals surface area contributed by atoms with Crippen LogP contribution in [0.3, 0.4) is 0 Å². The first kappa shape index (κ1) is 7.74. The Bertz CT molecular complexity index is 458. The maximum Gasteiger partial charge on any atom is 0.127 e. The highest BCUT2D eigenvalue weighted by Crippen LogP contribution is 2.89. The van der Waals surface area contributed by atoms with Crippen LogP contribution in [0.15, 0.2) is 0 Å². The van der Waals surface area contributed by atoms with Crippen LogP contribution in [0.5, 0.6) is 0 Å². The number of nitrogens with one attached hydrogen (secondary N) is 1. The average molecular weight is 213 g/mol. The van der Waals surface area contributed by atoms with Crippen molar-refractivity contribution < 1.29 is 4.74 Å². The standard InChI is InChI=1S/C14H15NO/c1-2-3-15-14-11-6-4-5-7-8(6)12(14)10(7)13(16-14)9(5)11/h1,5-13,15H,3-4H2. The van der Waals surface area contributed by atoms with Crippen molar-refractivity contribution in [3.63, 3.8) is 0 Å². The van der Waals surface area contributed by atoms with E-state index in [-0.39, 0.29) is 5.72 Å². The summed E-state index contributed by atoms with van der Waals surface area (Å²) in [6.45, 7) is 0.688. The van der Waals surface area contributed by atoms with Gasteiger partial charge in [0.25, 0.3) is 0 Å². The van der Waals surface area contributed by atoms with Gasteiger partial charge in [-0.15, -0.1) is 6.42 Å². The summed E-state index contributed by atoms with van der Waals surface area (Å²) in [6.07, 6.45) is 7.56. The third-order valence-corrected chi connectivity index (χ3v) is 7.17. The van der Waals surface area contributed by atoms with Crippen LogP contribution >= 0.6 is 0 Å². The van der Waals surface area contributed by atoms with Crippen LogP contribution in [-0.4, -0.2) is 18.4 Å². The Morgan fingerprint density at radius 3 is 3.00 bits per heavy atom. The van der Waals surface area contributed by atoms with E-state index in [4.69, 9.17) is 11.2 Å². The summed E-state index contributed by atoms with van der Waals surface area (Å²) >= 11 is 0. The lowest BCUT2D eigenvalue weighted by Gasteiger charge is -2.45. The van der Waals surface area contributed by atoms with Crippen molar-refractivity contribution in [3.8, 4) is 12.3 Å². The number of ether oxygens (including phenoxy) is 1. The van der Waals surface area contributed by atoms with Gasteiger partial charge in [-0.1, -0.05) is 5.92 Å². The Hall–Kier alpha value is -0.520. The van der Waals surface area contributed by atoms with Crippen molar-refractivity contribution in [1.82, 2.24) is 5.32 Å². The molecule has 5 aliphatic carbocycles. The number of terminal acetylenes is 1. The van der Waals surface area contributed by atoms with Gasteiger partial charge in [0.1, 0.15) is 5.72 Å². The Morgan fingerprint density at radius 1 is 1.19 bits per heavy atom. The van der Waals surface area contributed by atoms with Crippen LogP contribution in [0.25, 0.3) is 0 Å². The molecule has 10 unspecified atom stereocenters. The fourth-order valence-corrected chi connectivity index (χ4v) is 7.48. The molecular formula is C14H15NO. The third kappa shape index (κ3) is 0.435. The van der Waals surface area contributed by atoms with E-state index >= 15 is 0 Å². The van der Waals surface area contributed by atoms with E-state index in [2.05, 4.69) is 11.2 Å². The van der Waals surface area contributed by atoms with E-state index in [1.54, 1.807) is 0 Å². The van der Waals surface area contributed by atoms with Crippen molar-refractivity contribution >= 4 is 0 Å². The van der Waals surface area contributed by atoms with Gasteiger partial charge < -0.3 is 4.74 Å². The second kappa shape index (κ2) is 1.87. The zero-order valence-corrected chi connectivity index (χ0v) is 9.10. The zero-order chi connectivity index (χ0) is 10.2. The fraction of sp³-hybridized carbons (Fsp3) is 0.857. The number of rotatable bonds is 2. The second-order valence-electron chi connectivity index (χ2n) is 6.86. The minimum absolute atomic E-state index is 0.0451. The fourth-order valence-electron chi connectivity index (χ4n) is 7.48. The van der Waals surface area contributed by atoms with Gasteiger partial charge in [-0.3, -0.25) is 5.32 Å². The Balaban J connectivity index is 1.58. The van der Waals surface area contributed by atoms with Gasteiger partial charge in [-0.05, 0) is 41.9 Å². The van der Waals surface area contributed by atoms with E-state index in [1.807, 2.05) is 0 Å². The summed E-state index contributed by atoms with van der Waals surface area (Å²) in [6, 6.07) is 0. The van der Waals surface area contributed by atoms with E-state index in [0.717, 1.165) is 47.3 Å². The van der Waals surface area contributed by atoms with Crippen LogP contribution < -0.4 is 5.32 Å². The van der Waals surface area contributed by atoms with Crippen molar-refractivity contribution in [3.05, 3.63) is 0 Å². The molecule has 0 aromatic rings. The molecule has 0 radical (unpaired) electrons. The van der Waals surface area contributed by atoms with E-state index in [0.29, 0.717) is 12.6 Å². The lowest BCUT2D eigenvalue weighted by atomic mass is 9.59. The maximum absolute atomic E-state index is 6.45. The summed E-state index contributed by atoms with van der Waals surface area (Å²) in [5, 5.41) is 3.61. The second-order valence-corrected chi connectivity index (χ2v) is 6.86. The van der Waals surface area contributed by atoms with Crippen molar-refractivity contribution in [2.24, 2.45) is 47.3 Å². The molecular weight excluding hydrogens is 198 g/mol. The molecule has 2 aliphatic heterocycles. The summed E-state index contributed by atoms with van der Waals surface area (Å²) in [7, 11) is 0. The van der Waals surface area contributed by atoms with Gasteiger partial charge in [-0.2, -0.15) is 0 Å². The molecule has 10 atom stereocenters. The van der Waals surface area contributed by atoms with E-state index < -0.39 is 0 Å². The molecule has 0 spiro atoms. The molecule has 5 saturated carbocycles. The van der Waals surface area contributed by atoms with Crippen molar-refractivity contribution in [2.75, 3.05) is 6.54 Å². The number of hydrogen-bond acceptors (Lipinski definition) is 2. The molecule has 7 fully saturated rings. The van der Waals surface area contributed by atoms with Crippen LogP contribution in [0.1, 0.15) is 6.42 Å². The van der Waals surface area contributed by atoms with Gasteiger partial charge in [0, 0.05) is 11.8 Å². The molecule has 2 heteroatoms. The van der Waals surface area contributed by atoms with Crippen LogP contribution in [0.4, 0.5) is 0 Å². The Kier molecular flexibility index (Phi) is 0.906. The third-order valence-electron chi connectivity index (χ3n) is 7.17. The van der Waals surface area contributed by atoms with Crippen molar-refractivity contribution in [1.29, 1.82) is 0 Å². The van der Waals surface area contributed by atoms with Crippen LogP contribution in [-0.2, 0) is 4.74 Å². The first-order valence-electron chi connectivity index (χ1n) is 6.75. The minimum Gasteiger partial charge on any atom is -0.356 e. The lowest BCUT2D eigenvalue weighted by molar-refractivity contribution is -0.0546. The summed E-state index contributed by atoms with van der Waals surface area (Å²) in [5.41, 5.74) is 0.0451. The molecule has 2 nitrogen and oxygen atoms in total. The topological polar surface area (TPSA) is 21.3 Å². The molecule has 0 amide bonds. The molecule has 7 aliphatic rings. The molecule has 82 valence electrons. The molecule has 16 heavy (non-hydrogen) atoms. The summed E-state index contributed by atoms with van der Waals surface area (Å²) in [4.78, 5) is 0. The monoisotopic (exact) mass is 213 g/mol. The predicted molar refractivity (Wildman–Crippen MR) is 57.0 cm³/mol. The van der Waals surface area contributed by atoms with E-state index in [1.165, 1.54) is 6.42 Å². The SMILES string of the molecule is C#CCNC12OC3C4C5CC(C6C5C3C61)C42. The quantitative estimate of drug-likeness (QED) is 0.682. The number of hydrogen-bond donors (Lipinski definition) is 1. The maximum atomic E-state index is 6.45. The molecule has 2 heterocycles.